The lowest BCUT2D eigenvalue weighted by Crippen LogP contribution is -2.44. The Kier molecular flexibility index (Phi) is 5.04. The van der Waals surface area contributed by atoms with Gasteiger partial charge in [0.15, 0.2) is 0 Å². The SMILES string of the molecule is CCC1(CC)C[C@H](NS(=O)(=O)c2ccc3c(c2)sc(=O)n3C)c2ccccc2O1. The van der Waals surface area contributed by atoms with Crippen LogP contribution in [0.4, 0.5) is 0 Å². The fourth-order valence-corrected chi connectivity index (χ4v) is 6.18. The van der Waals surface area contributed by atoms with Crippen molar-refractivity contribution in [1.82, 2.24) is 9.29 Å². The van der Waals surface area contributed by atoms with Crippen LogP contribution in [0.5, 0.6) is 5.75 Å². The Morgan fingerprint density at radius 1 is 1.21 bits per heavy atom. The summed E-state index contributed by atoms with van der Waals surface area (Å²) in [6.45, 7) is 4.13. The minimum atomic E-state index is -3.77. The average molecular weight is 433 g/mol. The highest BCUT2D eigenvalue weighted by Gasteiger charge is 2.40. The topological polar surface area (TPSA) is 77.4 Å². The van der Waals surface area contributed by atoms with Crippen molar-refractivity contribution >= 4 is 31.6 Å². The van der Waals surface area contributed by atoms with Gasteiger partial charge >= 0.3 is 4.87 Å². The lowest BCUT2D eigenvalue weighted by molar-refractivity contribution is 0.0260. The molecule has 0 radical (unpaired) electrons. The molecular formula is C21H24N2O4S2. The molecule has 0 unspecified atom stereocenters. The maximum absolute atomic E-state index is 13.2. The van der Waals surface area contributed by atoms with Crippen molar-refractivity contribution in [1.29, 1.82) is 0 Å². The number of benzene rings is 2. The van der Waals surface area contributed by atoms with Gasteiger partial charge in [0.2, 0.25) is 10.0 Å². The van der Waals surface area contributed by atoms with Crippen LogP contribution in [0, 0.1) is 0 Å². The molecule has 6 nitrogen and oxygen atoms in total. The molecule has 0 aliphatic carbocycles. The first-order chi connectivity index (χ1) is 13.8. The van der Waals surface area contributed by atoms with Gasteiger partial charge in [-0.25, -0.2) is 13.1 Å². The zero-order chi connectivity index (χ0) is 20.8. The largest absolute Gasteiger partial charge is 0.487 e. The fraction of sp³-hybridized carbons (Fsp3) is 0.381. The summed E-state index contributed by atoms with van der Waals surface area (Å²) in [4.78, 5) is 11.9. The maximum atomic E-state index is 13.2. The zero-order valence-corrected chi connectivity index (χ0v) is 18.3. The van der Waals surface area contributed by atoms with Crippen LogP contribution in [0.25, 0.3) is 10.2 Å². The van der Waals surface area contributed by atoms with E-state index < -0.39 is 15.6 Å². The van der Waals surface area contributed by atoms with Crippen LogP contribution in [-0.2, 0) is 17.1 Å². The van der Waals surface area contributed by atoms with Crippen LogP contribution in [0.1, 0.15) is 44.7 Å². The van der Waals surface area contributed by atoms with E-state index in [0.717, 1.165) is 41.0 Å². The first-order valence-corrected chi connectivity index (χ1v) is 12.0. The van der Waals surface area contributed by atoms with Crippen LogP contribution in [-0.4, -0.2) is 18.6 Å². The molecule has 0 saturated heterocycles. The Morgan fingerprint density at radius 3 is 2.66 bits per heavy atom. The average Bonchev–Trinajstić information content (AvgIpc) is 3.00. The minimum absolute atomic E-state index is 0.114. The number of hydrogen-bond acceptors (Lipinski definition) is 5. The van der Waals surface area contributed by atoms with Crippen molar-refractivity contribution in [3.8, 4) is 5.75 Å². The molecule has 2 aromatic carbocycles. The Balaban J connectivity index is 1.73. The van der Waals surface area contributed by atoms with Gasteiger partial charge < -0.3 is 9.30 Å². The Bertz CT molecular complexity index is 1220. The molecule has 3 aromatic rings. The molecule has 8 heteroatoms. The van der Waals surface area contributed by atoms with E-state index >= 15 is 0 Å². The molecular weight excluding hydrogens is 408 g/mol. The Labute approximate surface area is 174 Å². The molecule has 1 aromatic heterocycles. The van der Waals surface area contributed by atoms with Gasteiger partial charge in [-0.1, -0.05) is 43.4 Å². The van der Waals surface area contributed by atoms with Crippen molar-refractivity contribution in [2.24, 2.45) is 7.05 Å². The van der Waals surface area contributed by atoms with E-state index in [4.69, 9.17) is 4.74 Å². The van der Waals surface area contributed by atoms with Crippen molar-refractivity contribution in [3.05, 3.63) is 57.7 Å². The molecule has 1 atom stereocenters. The maximum Gasteiger partial charge on any atom is 0.307 e. The third-order valence-electron chi connectivity index (χ3n) is 5.86. The van der Waals surface area contributed by atoms with Gasteiger partial charge in [-0.15, -0.1) is 0 Å². The first kappa shape index (κ1) is 20.1. The summed E-state index contributed by atoms with van der Waals surface area (Å²) >= 11 is 1.05. The summed E-state index contributed by atoms with van der Waals surface area (Å²) in [5.74, 6) is 0.729. The molecule has 1 aliphatic rings. The number of sulfonamides is 1. The number of para-hydroxylation sites is 1. The van der Waals surface area contributed by atoms with E-state index in [2.05, 4.69) is 18.6 Å². The van der Waals surface area contributed by atoms with Gasteiger partial charge in [-0.2, -0.15) is 0 Å². The Morgan fingerprint density at radius 2 is 1.93 bits per heavy atom. The molecule has 0 amide bonds. The second kappa shape index (κ2) is 7.27. The second-order valence-corrected chi connectivity index (χ2v) is 10.2. The van der Waals surface area contributed by atoms with Crippen LogP contribution in [0.3, 0.4) is 0 Å². The summed E-state index contributed by atoms with van der Waals surface area (Å²) in [6, 6.07) is 12.0. The number of hydrogen-bond donors (Lipinski definition) is 1. The van der Waals surface area contributed by atoms with Crippen molar-refractivity contribution < 1.29 is 13.2 Å². The summed E-state index contributed by atoms with van der Waals surface area (Å²) in [5, 5.41) is 0. The predicted molar refractivity (Wildman–Crippen MR) is 115 cm³/mol. The van der Waals surface area contributed by atoms with Crippen LogP contribution < -0.4 is 14.3 Å². The number of ether oxygens (including phenoxy) is 1. The normalized spacial score (nSPS) is 18.4. The molecule has 0 saturated carbocycles. The number of rotatable bonds is 5. The number of nitrogens with one attached hydrogen (secondary N) is 1. The third kappa shape index (κ3) is 3.49. The minimum Gasteiger partial charge on any atom is -0.487 e. The van der Waals surface area contributed by atoms with Crippen molar-refractivity contribution in [2.45, 2.75) is 49.6 Å². The van der Waals surface area contributed by atoms with E-state index in [1.165, 1.54) is 4.57 Å². The zero-order valence-electron chi connectivity index (χ0n) is 16.6. The standard InChI is InChI=1S/C21H24N2O4S2/c1-4-21(5-2)13-16(15-8-6-7-9-18(15)27-21)22-29(25,26)14-10-11-17-19(12-14)28-20(24)23(17)3/h6-12,16,22H,4-5,13H2,1-3H3/t16-/m0/s1. The van der Waals surface area contributed by atoms with Gasteiger partial charge in [-0.05, 0) is 37.1 Å². The molecule has 4 rings (SSSR count). The van der Waals surface area contributed by atoms with Gasteiger partial charge in [0.25, 0.3) is 0 Å². The van der Waals surface area contributed by atoms with Crippen molar-refractivity contribution in [3.63, 3.8) is 0 Å². The molecule has 1 aliphatic heterocycles. The third-order valence-corrected chi connectivity index (χ3v) is 8.32. The number of aromatic nitrogens is 1. The van der Waals surface area contributed by atoms with Crippen LogP contribution >= 0.6 is 11.3 Å². The number of thiazole rings is 1. The Hall–Kier alpha value is -2.16. The van der Waals surface area contributed by atoms with Gasteiger partial charge in [0.1, 0.15) is 11.4 Å². The second-order valence-electron chi connectivity index (χ2n) is 7.46. The predicted octanol–water partition coefficient (Wildman–Crippen LogP) is 3.96. The summed E-state index contributed by atoms with van der Waals surface area (Å²) < 4.78 is 37.7. The summed E-state index contributed by atoms with van der Waals surface area (Å²) in [7, 11) is -2.09. The van der Waals surface area contributed by atoms with E-state index in [-0.39, 0.29) is 15.8 Å². The number of fused-ring (bicyclic) bond motifs is 2. The molecule has 29 heavy (non-hydrogen) atoms. The number of nitrogens with zero attached hydrogens (tertiary/aromatic N) is 1. The summed E-state index contributed by atoms with van der Waals surface area (Å²) in [5.41, 5.74) is 1.18. The van der Waals surface area contributed by atoms with Crippen LogP contribution in [0.15, 0.2) is 52.2 Å². The monoisotopic (exact) mass is 432 g/mol. The van der Waals surface area contributed by atoms with E-state index in [1.54, 1.807) is 25.2 Å². The highest BCUT2D eigenvalue weighted by molar-refractivity contribution is 7.89. The fourth-order valence-electron chi connectivity index (χ4n) is 3.94. The molecule has 0 fully saturated rings. The van der Waals surface area contributed by atoms with E-state index in [1.807, 2.05) is 24.3 Å². The van der Waals surface area contributed by atoms with Gasteiger partial charge in [-0.3, -0.25) is 4.79 Å². The summed E-state index contributed by atoms with van der Waals surface area (Å²) in [6.07, 6.45) is 2.15. The lowest BCUT2D eigenvalue weighted by Gasteiger charge is -2.41. The molecule has 0 bridgehead atoms. The smallest absolute Gasteiger partial charge is 0.307 e. The highest BCUT2D eigenvalue weighted by atomic mass is 32.2. The lowest BCUT2D eigenvalue weighted by atomic mass is 9.84. The van der Waals surface area contributed by atoms with E-state index in [9.17, 15) is 13.2 Å². The number of aryl methyl sites for hydroxylation is 1. The van der Waals surface area contributed by atoms with Gasteiger partial charge in [0, 0.05) is 19.0 Å². The van der Waals surface area contributed by atoms with E-state index in [0.29, 0.717) is 11.1 Å². The molecule has 0 spiro atoms. The quantitative estimate of drug-likeness (QED) is 0.662. The van der Waals surface area contributed by atoms with Crippen LogP contribution in [0.2, 0.25) is 0 Å². The highest BCUT2D eigenvalue weighted by Crippen LogP contribution is 2.43. The molecule has 154 valence electrons. The van der Waals surface area contributed by atoms with Gasteiger partial charge in [0.05, 0.1) is 21.2 Å². The molecule has 1 N–H and O–H groups in total. The van der Waals surface area contributed by atoms with Crippen molar-refractivity contribution in [2.75, 3.05) is 0 Å². The first-order valence-electron chi connectivity index (χ1n) is 9.68. The molecule has 2 heterocycles.